The maximum atomic E-state index is 12.5. The molecule has 1 aliphatic carbocycles. The lowest BCUT2D eigenvalue weighted by molar-refractivity contribution is -0.147. The Kier molecular flexibility index (Phi) is 5.23. The van der Waals surface area contributed by atoms with E-state index in [0.29, 0.717) is 6.61 Å². The zero-order valence-electron chi connectivity index (χ0n) is 14.9. The van der Waals surface area contributed by atoms with Crippen molar-refractivity contribution < 1.29 is 19.1 Å². The fourth-order valence-electron chi connectivity index (χ4n) is 3.39. The zero-order chi connectivity index (χ0) is 18.0. The number of allylic oxidation sites excluding steroid dienone is 1. The molecule has 0 radical (unpaired) electrons. The van der Waals surface area contributed by atoms with E-state index >= 15 is 0 Å². The Hall–Kier alpha value is -1.75. The van der Waals surface area contributed by atoms with Crippen molar-refractivity contribution in [3.63, 3.8) is 0 Å². The Labute approximate surface area is 153 Å². The number of ether oxygens (including phenoxy) is 2. The van der Waals surface area contributed by atoms with Crippen LogP contribution in [0.15, 0.2) is 35.9 Å². The van der Waals surface area contributed by atoms with E-state index in [4.69, 9.17) is 9.47 Å². The number of esters is 1. The summed E-state index contributed by atoms with van der Waals surface area (Å²) < 4.78 is 11.0. The first-order valence-corrected chi connectivity index (χ1v) is 9.68. The van der Waals surface area contributed by atoms with Gasteiger partial charge in [-0.25, -0.2) is 0 Å². The topological polar surface area (TPSA) is 52.6 Å². The molecule has 1 aromatic carbocycles. The quantitative estimate of drug-likeness (QED) is 0.567. The molecule has 2 aliphatic rings. The van der Waals surface area contributed by atoms with Crippen LogP contribution in [0, 0.1) is 17.3 Å². The van der Waals surface area contributed by atoms with Crippen LogP contribution in [-0.4, -0.2) is 23.4 Å². The van der Waals surface area contributed by atoms with E-state index in [-0.39, 0.29) is 34.9 Å². The van der Waals surface area contributed by atoms with Crippen molar-refractivity contribution in [3.8, 4) is 5.75 Å². The second kappa shape index (κ2) is 7.24. The third kappa shape index (κ3) is 3.92. The van der Waals surface area contributed by atoms with Gasteiger partial charge in [0.2, 0.25) is 5.12 Å². The summed E-state index contributed by atoms with van der Waals surface area (Å²) >= 11 is 1.36. The molecule has 0 spiro atoms. The summed E-state index contributed by atoms with van der Waals surface area (Å²) in [4.78, 5) is 24.3. The van der Waals surface area contributed by atoms with Crippen molar-refractivity contribution in [1.82, 2.24) is 0 Å². The number of benzene rings is 1. The molecule has 1 heterocycles. The smallest absolute Gasteiger partial charge is 0.310 e. The van der Waals surface area contributed by atoms with Gasteiger partial charge in [-0.15, -0.1) is 0 Å². The van der Waals surface area contributed by atoms with Crippen LogP contribution in [0.1, 0.15) is 32.8 Å². The van der Waals surface area contributed by atoms with Gasteiger partial charge in [0.25, 0.3) is 0 Å². The molecule has 0 bridgehead atoms. The molecule has 0 aromatic heterocycles. The highest BCUT2D eigenvalue weighted by atomic mass is 32.2. The highest BCUT2D eigenvalue weighted by Gasteiger charge is 2.61. The molecule has 5 heteroatoms. The molecule has 1 saturated carbocycles. The Bertz CT molecular complexity index is 707. The van der Waals surface area contributed by atoms with Crippen LogP contribution in [0.4, 0.5) is 0 Å². The number of carbonyl (C=O) groups is 2. The molecule has 4 nitrogen and oxygen atoms in total. The first-order valence-electron chi connectivity index (χ1n) is 8.69. The van der Waals surface area contributed by atoms with Crippen LogP contribution in [0.3, 0.4) is 0 Å². The van der Waals surface area contributed by atoms with Crippen molar-refractivity contribution in [3.05, 3.63) is 41.5 Å². The fourth-order valence-corrected chi connectivity index (χ4v) is 4.25. The molecule has 1 saturated heterocycles. The molecule has 0 N–H and O–H groups in total. The van der Waals surface area contributed by atoms with Gasteiger partial charge < -0.3 is 9.47 Å². The highest BCUT2D eigenvalue weighted by molar-refractivity contribution is 8.14. The standard InChI is InChI=1S/C20H24O4S/c1-4-23-15-7-5-6-13(10-15)12-24-18(21)17-16(20(17,2)3)11-14-8-9-25-19(14)22/h5-7,10-11,16-17H,4,8-9,12H2,1-3H3/b14-11+. The lowest BCUT2D eigenvalue weighted by Gasteiger charge is -2.08. The van der Waals surface area contributed by atoms with Crippen molar-refractivity contribution in [2.75, 3.05) is 12.4 Å². The summed E-state index contributed by atoms with van der Waals surface area (Å²) in [6.45, 7) is 6.90. The second-order valence-corrected chi connectivity index (χ2v) is 8.16. The fraction of sp³-hybridized carbons (Fsp3) is 0.500. The van der Waals surface area contributed by atoms with Crippen molar-refractivity contribution >= 4 is 22.8 Å². The molecule has 134 valence electrons. The molecule has 2 fully saturated rings. The van der Waals surface area contributed by atoms with Gasteiger partial charge in [-0.1, -0.05) is 43.8 Å². The molecule has 2 unspecified atom stereocenters. The predicted molar refractivity (Wildman–Crippen MR) is 98.3 cm³/mol. The number of hydrogen-bond acceptors (Lipinski definition) is 5. The Balaban J connectivity index is 1.60. The van der Waals surface area contributed by atoms with E-state index in [1.54, 1.807) is 0 Å². The Morgan fingerprint density at radius 2 is 2.20 bits per heavy atom. The Morgan fingerprint density at radius 3 is 2.88 bits per heavy atom. The third-order valence-corrected chi connectivity index (χ3v) is 5.94. The number of hydrogen-bond donors (Lipinski definition) is 0. The van der Waals surface area contributed by atoms with Gasteiger partial charge in [-0.05, 0) is 42.4 Å². The molecule has 0 amide bonds. The summed E-state index contributed by atoms with van der Waals surface area (Å²) in [6.07, 6.45) is 2.81. The average Bonchev–Trinajstić information content (AvgIpc) is 2.88. The summed E-state index contributed by atoms with van der Waals surface area (Å²) in [5.41, 5.74) is 1.63. The van der Waals surface area contributed by atoms with Gasteiger partial charge in [0, 0.05) is 11.3 Å². The normalized spacial score (nSPS) is 25.9. The van der Waals surface area contributed by atoms with Crippen LogP contribution in [0.5, 0.6) is 5.75 Å². The summed E-state index contributed by atoms with van der Waals surface area (Å²) in [5.74, 6) is 1.36. The minimum absolute atomic E-state index is 0.0902. The minimum Gasteiger partial charge on any atom is -0.494 e. The molecule has 25 heavy (non-hydrogen) atoms. The van der Waals surface area contributed by atoms with Crippen molar-refractivity contribution in [2.24, 2.45) is 17.3 Å². The number of thioether (sulfide) groups is 1. The van der Waals surface area contributed by atoms with E-state index in [9.17, 15) is 9.59 Å². The number of carbonyl (C=O) groups excluding carboxylic acids is 2. The first-order chi connectivity index (χ1) is 11.9. The Morgan fingerprint density at radius 1 is 1.40 bits per heavy atom. The predicted octanol–water partition coefficient (Wildman–Crippen LogP) is 3.99. The van der Waals surface area contributed by atoms with Crippen molar-refractivity contribution in [2.45, 2.75) is 33.8 Å². The maximum Gasteiger partial charge on any atom is 0.310 e. The van der Waals surface area contributed by atoms with Gasteiger partial charge in [-0.3, -0.25) is 9.59 Å². The van der Waals surface area contributed by atoms with Crippen molar-refractivity contribution in [1.29, 1.82) is 0 Å². The van der Waals surface area contributed by atoms with Crippen LogP contribution in [0.25, 0.3) is 0 Å². The van der Waals surface area contributed by atoms with Crippen LogP contribution in [-0.2, 0) is 20.9 Å². The van der Waals surface area contributed by atoms with E-state index in [0.717, 1.165) is 29.1 Å². The highest BCUT2D eigenvalue weighted by Crippen LogP contribution is 2.60. The summed E-state index contributed by atoms with van der Waals surface area (Å²) in [5, 5.41) is 0.155. The van der Waals surface area contributed by atoms with E-state index < -0.39 is 0 Å². The SMILES string of the molecule is CCOc1cccc(COC(=O)C2C(/C=C3\CCSC3=O)C2(C)C)c1. The van der Waals surface area contributed by atoms with E-state index in [1.165, 1.54) is 11.8 Å². The molecular weight excluding hydrogens is 336 g/mol. The molecule has 1 aromatic rings. The molecule has 2 atom stereocenters. The van der Waals surface area contributed by atoms with Gasteiger partial charge in [0.15, 0.2) is 0 Å². The van der Waals surface area contributed by atoms with Gasteiger partial charge >= 0.3 is 5.97 Å². The van der Waals surface area contributed by atoms with Crippen LogP contribution >= 0.6 is 11.8 Å². The maximum absolute atomic E-state index is 12.5. The molecular formula is C20H24O4S. The van der Waals surface area contributed by atoms with Crippen LogP contribution in [0.2, 0.25) is 0 Å². The molecule has 1 aliphatic heterocycles. The molecule has 3 rings (SSSR count). The van der Waals surface area contributed by atoms with Gasteiger partial charge in [0.1, 0.15) is 12.4 Å². The summed E-state index contributed by atoms with van der Waals surface area (Å²) in [6, 6.07) is 7.59. The minimum atomic E-state index is -0.188. The second-order valence-electron chi connectivity index (χ2n) is 7.09. The number of rotatable bonds is 6. The lowest BCUT2D eigenvalue weighted by Crippen LogP contribution is -2.10. The van der Waals surface area contributed by atoms with Crippen LogP contribution < -0.4 is 4.74 Å². The van der Waals surface area contributed by atoms with Gasteiger partial charge in [0.05, 0.1) is 12.5 Å². The third-order valence-electron chi connectivity index (χ3n) is 5.00. The zero-order valence-corrected chi connectivity index (χ0v) is 15.7. The largest absolute Gasteiger partial charge is 0.494 e. The monoisotopic (exact) mass is 360 g/mol. The van der Waals surface area contributed by atoms with Gasteiger partial charge in [-0.2, -0.15) is 0 Å². The first kappa shape index (κ1) is 18.1. The average molecular weight is 360 g/mol. The van der Waals surface area contributed by atoms with E-state index in [2.05, 4.69) is 13.8 Å². The summed E-state index contributed by atoms with van der Waals surface area (Å²) in [7, 11) is 0. The lowest BCUT2D eigenvalue weighted by atomic mass is 10.1. The van der Waals surface area contributed by atoms with E-state index in [1.807, 2.05) is 37.3 Å².